The quantitative estimate of drug-likeness (QED) is 0.368. The van der Waals surface area contributed by atoms with Crippen LogP contribution in [0.25, 0.3) is 0 Å². The Balaban J connectivity index is 4.24. The highest BCUT2D eigenvalue weighted by atomic mass is 16.4. The van der Waals surface area contributed by atoms with Gasteiger partial charge >= 0.3 is 0 Å². The molecule has 0 saturated heterocycles. The molecule has 0 bridgehead atoms. The molecule has 2 unspecified atom stereocenters. The molecule has 0 amide bonds. The van der Waals surface area contributed by atoms with Gasteiger partial charge in [0, 0.05) is 0 Å². The van der Waals surface area contributed by atoms with Crippen molar-refractivity contribution in [2.75, 3.05) is 0 Å². The van der Waals surface area contributed by atoms with Crippen molar-refractivity contribution >= 4 is 0 Å². The van der Waals surface area contributed by atoms with E-state index in [0.29, 0.717) is 0 Å². The lowest BCUT2D eigenvalue weighted by molar-refractivity contribution is 0.0152. The van der Waals surface area contributed by atoms with Crippen molar-refractivity contribution in [3.05, 3.63) is 24.4 Å². The Morgan fingerprint density at radius 3 is 1.91 bits per heavy atom. The first-order valence-electron chi connectivity index (χ1n) is 2.77. The van der Waals surface area contributed by atoms with E-state index in [1.165, 1.54) is 0 Å². The van der Waals surface area contributed by atoms with E-state index in [-0.39, 0.29) is 6.26 Å². The Hall–Kier alpha value is -1.20. The molecule has 0 radical (unpaired) electrons. The molecular weight excluding hydrogens is 152 g/mol. The molecule has 0 saturated carbocycles. The van der Waals surface area contributed by atoms with E-state index >= 15 is 0 Å². The zero-order valence-corrected chi connectivity index (χ0v) is 5.68. The second-order valence-electron chi connectivity index (χ2n) is 1.93. The Morgan fingerprint density at radius 1 is 1.18 bits per heavy atom. The van der Waals surface area contributed by atoms with Gasteiger partial charge in [-0.25, -0.2) is 0 Å². The van der Waals surface area contributed by atoms with Gasteiger partial charge in [0.25, 0.3) is 0 Å². The fourth-order valence-corrected chi connectivity index (χ4v) is 0.420. The van der Waals surface area contributed by atoms with Crippen LogP contribution in [0.3, 0.4) is 0 Å². The summed E-state index contributed by atoms with van der Waals surface area (Å²) >= 11 is 0. The van der Waals surface area contributed by atoms with Crippen molar-refractivity contribution in [1.82, 2.24) is 0 Å². The lowest BCUT2D eigenvalue weighted by Crippen LogP contribution is -2.29. The second-order valence-corrected chi connectivity index (χ2v) is 1.93. The molecule has 0 spiro atoms. The molecule has 0 aromatic heterocycles. The Kier molecular flexibility index (Phi) is 3.43. The van der Waals surface area contributed by atoms with E-state index in [1.54, 1.807) is 0 Å². The number of aliphatic hydroxyl groups excluding tert-OH is 5. The average Bonchev–Trinajstić information content (AvgIpc) is 2.00. The van der Waals surface area contributed by atoms with Gasteiger partial charge in [-0.1, -0.05) is 6.58 Å². The molecule has 0 aliphatic rings. The van der Waals surface area contributed by atoms with Crippen LogP contribution in [0.2, 0.25) is 0 Å². The number of hydrogen-bond acceptors (Lipinski definition) is 5. The molecule has 0 rings (SSSR count). The minimum atomic E-state index is -1.75. The summed E-state index contributed by atoms with van der Waals surface area (Å²) in [6, 6.07) is 0. The largest absolute Gasteiger partial charge is 0.512 e. The van der Waals surface area contributed by atoms with Crippen LogP contribution in [-0.2, 0) is 0 Å². The lowest BCUT2D eigenvalue weighted by Gasteiger charge is -2.14. The van der Waals surface area contributed by atoms with Gasteiger partial charge in [-0.05, 0) is 0 Å². The van der Waals surface area contributed by atoms with Gasteiger partial charge in [0.05, 0.1) is 0 Å². The molecule has 0 aliphatic carbocycles. The van der Waals surface area contributed by atoms with Crippen molar-refractivity contribution in [3.8, 4) is 0 Å². The van der Waals surface area contributed by atoms with Crippen molar-refractivity contribution < 1.29 is 25.5 Å². The molecule has 0 aliphatic heterocycles. The van der Waals surface area contributed by atoms with Gasteiger partial charge in [0.2, 0.25) is 0 Å². The second kappa shape index (κ2) is 3.85. The topological polar surface area (TPSA) is 101 Å². The maximum Gasteiger partial charge on any atom is 0.158 e. The zero-order chi connectivity index (χ0) is 9.02. The van der Waals surface area contributed by atoms with Gasteiger partial charge < -0.3 is 25.5 Å². The molecular formula is C6H10O5. The van der Waals surface area contributed by atoms with Crippen LogP contribution in [0.4, 0.5) is 0 Å². The summed E-state index contributed by atoms with van der Waals surface area (Å²) in [4.78, 5) is 0. The van der Waals surface area contributed by atoms with Crippen LogP contribution in [0.5, 0.6) is 0 Å². The van der Waals surface area contributed by atoms with Gasteiger partial charge in [-0.3, -0.25) is 0 Å². The molecule has 0 aromatic carbocycles. The Bertz CT molecular complexity index is 174. The van der Waals surface area contributed by atoms with E-state index in [2.05, 4.69) is 6.58 Å². The predicted molar refractivity (Wildman–Crippen MR) is 37.1 cm³/mol. The number of rotatable bonds is 3. The van der Waals surface area contributed by atoms with E-state index in [9.17, 15) is 0 Å². The molecule has 5 nitrogen and oxygen atoms in total. The van der Waals surface area contributed by atoms with E-state index < -0.39 is 23.7 Å². The van der Waals surface area contributed by atoms with E-state index in [4.69, 9.17) is 25.5 Å². The number of hydrogen-bond donors (Lipinski definition) is 5. The maximum absolute atomic E-state index is 8.81. The van der Waals surface area contributed by atoms with Gasteiger partial charge in [-0.15, -0.1) is 0 Å². The predicted octanol–water partition coefficient (Wildman–Crippen LogP) is -0.263. The van der Waals surface area contributed by atoms with E-state index in [1.807, 2.05) is 0 Å². The van der Waals surface area contributed by atoms with Gasteiger partial charge in [0.1, 0.15) is 24.2 Å². The Labute approximate surface area is 63.2 Å². The van der Waals surface area contributed by atoms with Crippen LogP contribution in [-0.4, -0.2) is 37.7 Å². The van der Waals surface area contributed by atoms with E-state index in [0.717, 1.165) is 0 Å². The standard InChI is InChI=1S/C6H10O5/c1-3(8)5(10)6(11)4(9)2-7/h2,5-11H,1H2. The normalized spacial score (nSPS) is 17.5. The molecule has 0 heterocycles. The Morgan fingerprint density at radius 2 is 1.64 bits per heavy atom. The molecule has 5 N–H and O–H groups in total. The van der Waals surface area contributed by atoms with Gasteiger partial charge in [0.15, 0.2) is 5.76 Å². The third-order valence-corrected chi connectivity index (χ3v) is 1.08. The first kappa shape index (κ1) is 9.80. The van der Waals surface area contributed by atoms with Crippen molar-refractivity contribution in [3.63, 3.8) is 0 Å². The highest BCUT2D eigenvalue weighted by Gasteiger charge is 2.22. The highest BCUT2D eigenvalue weighted by molar-refractivity contribution is 5.05. The van der Waals surface area contributed by atoms with Crippen LogP contribution < -0.4 is 0 Å². The summed E-state index contributed by atoms with van der Waals surface area (Å²) in [7, 11) is 0. The summed E-state index contributed by atoms with van der Waals surface area (Å²) in [6.07, 6.45) is -3.23. The first-order valence-corrected chi connectivity index (χ1v) is 2.77. The molecule has 0 fully saturated rings. The van der Waals surface area contributed by atoms with Crippen molar-refractivity contribution in [2.45, 2.75) is 12.2 Å². The van der Waals surface area contributed by atoms with Crippen LogP contribution in [0.1, 0.15) is 0 Å². The average molecular weight is 162 g/mol. The molecule has 2 atom stereocenters. The molecule has 11 heavy (non-hydrogen) atoms. The fraction of sp³-hybridized carbons (Fsp3) is 0.333. The summed E-state index contributed by atoms with van der Waals surface area (Å²) in [5.74, 6) is -1.53. The van der Waals surface area contributed by atoms with Crippen LogP contribution >= 0.6 is 0 Å². The SMILES string of the molecule is C=C(O)C(O)C(O)C(O)=CO. The third-order valence-electron chi connectivity index (χ3n) is 1.08. The van der Waals surface area contributed by atoms with Crippen LogP contribution in [0.15, 0.2) is 24.4 Å². The van der Waals surface area contributed by atoms with Crippen LogP contribution in [0, 0.1) is 0 Å². The van der Waals surface area contributed by atoms with Crippen molar-refractivity contribution in [2.24, 2.45) is 0 Å². The number of aliphatic hydroxyl groups is 5. The zero-order valence-electron chi connectivity index (χ0n) is 5.68. The highest BCUT2D eigenvalue weighted by Crippen LogP contribution is 2.07. The summed E-state index contributed by atoms with van der Waals surface area (Å²) in [5.41, 5.74) is 0. The minimum absolute atomic E-state index is 0.219. The lowest BCUT2D eigenvalue weighted by atomic mass is 10.1. The van der Waals surface area contributed by atoms with Gasteiger partial charge in [-0.2, -0.15) is 0 Å². The van der Waals surface area contributed by atoms with Crippen molar-refractivity contribution in [1.29, 1.82) is 0 Å². The summed E-state index contributed by atoms with van der Waals surface area (Å²) < 4.78 is 0. The monoisotopic (exact) mass is 162 g/mol. The molecule has 64 valence electrons. The summed E-state index contributed by atoms with van der Waals surface area (Å²) in [6.45, 7) is 2.92. The third kappa shape index (κ3) is 2.48. The molecule has 5 heteroatoms. The maximum atomic E-state index is 8.81. The smallest absolute Gasteiger partial charge is 0.158 e. The summed E-state index contributed by atoms with van der Waals surface area (Å²) in [5, 5.41) is 42.8. The fourth-order valence-electron chi connectivity index (χ4n) is 0.420. The minimum Gasteiger partial charge on any atom is -0.512 e. The first-order chi connectivity index (χ1) is 5.00. The molecule has 0 aromatic rings.